The van der Waals surface area contributed by atoms with E-state index in [2.05, 4.69) is 9.72 Å². The van der Waals surface area contributed by atoms with E-state index < -0.39 is 18.0 Å². The van der Waals surface area contributed by atoms with E-state index in [9.17, 15) is 9.59 Å². The van der Waals surface area contributed by atoms with Crippen LogP contribution < -0.4 is 4.74 Å². The van der Waals surface area contributed by atoms with Crippen LogP contribution in [-0.4, -0.2) is 36.7 Å². The van der Waals surface area contributed by atoms with Crippen LogP contribution in [0.15, 0.2) is 30.5 Å². The van der Waals surface area contributed by atoms with Crippen LogP contribution >= 0.6 is 11.6 Å². The highest BCUT2D eigenvalue weighted by atomic mass is 35.5. The summed E-state index contributed by atoms with van der Waals surface area (Å²) in [7, 11) is 1.16. The first-order valence-corrected chi connectivity index (χ1v) is 6.90. The SMILES string of the molecule is CCOC(=O)C(Oc1cc(Cl)cc2cccnc12)C(=O)OC. The quantitative estimate of drug-likeness (QED) is 0.621. The largest absolute Gasteiger partial charge is 0.466 e. The Morgan fingerprint density at radius 2 is 2.09 bits per heavy atom. The molecule has 1 heterocycles. The molecule has 0 bridgehead atoms. The molecule has 1 atom stereocenters. The minimum atomic E-state index is -1.53. The highest BCUT2D eigenvalue weighted by molar-refractivity contribution is 6.31. The smallest absolute Gasteiger partial charge is 0.359 e. The third-order valence-electron chi connectivity index (χ3n) is 2.80. The Morgan fingerprint density at radius 3 is 2.77 bits per heavy atom. The number of esters is 2. The van der Waals surface area contributed by atoms with E-state index in [4.69, 9.17) is 21.1 Å². The summed E-state index contributed by atoms with van der Waals surface area (Å²) in [5.74, 6) is -1.49. The van der Waals surface area contributed by atoms with Crippen molar-refractivity contribution in [2.75, 3.05) is 13.7 Å². The number of hydrogen-bond donors (Lipinski definition) is 0. The van der Waals surface area contributed by atoms with Crippen LogP contribution in [0.1, 0.15) is 6.92 Å². The topological polar surface area (TPSA) is 74.7 Å². The second-order valence-electron chi connectivity index (χ2n) is 4.25. The Balaban J connectivity index is 2.41. The Kier molecular flexibility index (Phi) is 5.16. The molecule has 2 aromatic rings. The molecule has 7 heteroatoms. The lowest BCUT2D eigenvalue weighted by molar-refractivity contribution is -0.164. The fourth-order valence-electron chi connectivity index (χ4n) is 1.86. The van der Waals surface area contributed by atoms with Crippen molar-refractivity contribution < 1.29 is 23.8 Å². The first-order valence-electron chi connectivity index (χ1n) is 6.52. The van der Waals surface area contributed by atoms with E-state index in [1.165, 1.54) is 6.07 Å². The number of nitrogens with zero attached hydrogens (tertiary/aromatic N) is 1. The van der Waals surface area contributed by atoms with Crippen LogP contribution in [0.2, 0.25) is 5.02 Å². The molecule has 116 valence electrons. The van der Waals surface area contributed by atoms with Crippen LogP contribution in [0.3, 0.4) is 0 Å². The number of hydrogen-bond acceptors (Lipinski definition) is 6. The second kappa shape index (κ2) is 7.09. The van der Waals surface area contributed by atoms with Gasteiger partial charge in [0.1, 0.15) is 11.3 Å². The predicted octanol–water partition coefficient (Wildman–Crippen LogP) is 2.37. The van der Waals surface area contributed by atoms with Gasteiger partial charge in [0.25, 0.3) is 6.10 Å². The molecule has 0 spiro atoms. The number of methoxy groups -OCH3 is 1. The zero-order valence-corrected chi connectivity index (χ0v) is 12.8. The molecule has 0 amide bonds. The van der Waals surface area contributed by atoms with Crippen molar-refractivity contribution in [3.63, 3.8) is 0 Å². The zero-order valence-electron chi connectivity index (χ0n) is 12.0. The molecule has 1 aromatic carbocycles. The number of aromatic nitrogens is 1. The van der Waals surface area contributed by atoms with Crippen molar-refractivity contribution in [3.05, 3.63) is 35.5 Å². The minimum Gasteiger partial charge on any atom is -0.466 e. The van der Waals surface area contributed by atoms with Crippen LogP contribution in [0.5, 0.6) is 5.75 Å². The molecular formula is C15H14ClNO5. The van der Waals surface area contributed by atoms with Crippen molar-refractivity contribution in [1.29, 1.82) is 0 Å². The maximum absolute atomic E-state index is 11.9. The first-order chi connectivity index (χ1) is 10.6. The summed E-state index contributed by atoms with van der Waals surface area (Å²) in [6, 6.07) is 6.71. The average Bonchev–Trinajstić information content (AvgIpc) is 2.51. The summed E-state index contributed by atoms with van der Waals surface area (Å²) < 4.78 is 14.9. The molecule has 2 rings (SSSR count). The van der Waals surface area contributed by atoms with E-state index in [0.29, 0.717) is 10.5 Å². The maximum Gasteiger partial charge on any atom is 0.359 e. The van der Waals surface area contributed by atoms with E-state index in [0.717, 1.165) is 12.5 Å². The van der Waals surface area contributed by atoms with Crippen LogP contribution in [0, 0.1) is 0 Å². The van der Waals surface area contributed by atoms with Gasteiger partial charge in [0.2, 0.25) is 0 Å². The van der Waals surface area contributed by atoms with Gasteiger partial charge < -0.3 is 14.2 Å². The van der Waals surface area contributed by atoms with Gasteiger partial charge in [0.15, 0.2) is 0 Å². The van der Waals surface area contributed by atoms with Crippen LogP contribution in [0.25, 0.3) is 10.9 Å². The van der Waals surface area contributed by atoms with Crippen LogP contribution in [0.4, 0.5) is 0 Å². The van der Waals surface area contributed by atoms with Crippen molar-refractivity contribution in [1.82, 2.24) is 4.98 Å². The minimum absolute atomic E-state index is 0.115. The summed E-state index contributed by atoms with van der Waals surface area (Å²) in [6.45, 7) is 1.74. The van der Waals surface area contributed by atoms with Crippen molar-refractivity contribution in [3.8, 4) is 5.75 Å². The van der Waals surface area contributed by atoms with Gasteiger partial charge in [0.05, 0.1) is 13.7 Å². The third-order valence-corrected chi connectivity index (χ3v) is 3.01. The Labute approximate surface area is 131 Å². The van der Waals surface area contributed by atoms with E-state index in [1.807, 2.05) is 0 Å². The number of carbonyl (C=O) groups is 2. The van der Waals surface area contributed by atoms with Crippen LogP contribution in [-0.2, 0) is 19.1 Å². The normalized spacial score (nSPS) is 11.8. The third kappa shape index (κ3) is 3.46. The lowest BCUT2D eigenvalue weighted by Crippen LogP contribution is -2.38. The molecule has 1 unspecified atom stereocenters. The highest BCUT2D eigenvalue weighted by Crippen LogP contribution is 2.29. The Bertz CT molecular complexity index is 703. The van der Waals surface area contributed by atoms with Crippen molar-refractivity contribution >= 4 is 34.4 Å². The van der Waals surface area contributed by atoms with Gasteiger partial charge in [0, 0.05) is 22.7 Å². The van der Waals surface area contributed by atoms with E-state index in [1.54, 1.807) is 31.3 Å². The molecule has 0 aliphatic rings. The highest BCUT2D eigenvalue weighted by Gasteiger charge is 2.32. The molecular weight excluding hydrogens is 310 g/mol. The number of ether oxygens (including phenoxy) is 3. The van der Waals surface area contributed by atoms with Gasteiger partial charge in [-0.25, -0.2) is 9.59 Å². The van der Waals surface area contributed by atoms with Gasteiger partial charge in [-0.3, -0.25) is 4.98 Å². The maximum atomic E-state index is 11.9. The number of halogens is 1. The van der Waals surface area contributed by atoms with E-state index >= 15 is 0 Å². The monoisotopic (exact) mass is 323 g/mol. The summed E-state index contributed by atoms with van der Waals surface area (Å²) in [6.07, 6.45) is 0.0364. The summed E-state index contributed by atoms with van der Waals surface area (Å²) in [5.41, 5.74) is 0.477. The molecule has 0 saturated heterocycles. The fraction of sp³-hybridized carbons (Fsp3) is 0.267. The summed E-state index contributed by atoms with van der Waals surface area (Å²) in [4.78, 5) is 27.8. The molecule has 0 aliphatic heterocycles. The molecule has 0 radical (unpaired) electrons. The zero-order chi connectivity index (χ0) is 16.1. The number of fused-ring (bicyclic) bond motifs is 1. The number of pyridine rings is 1. The van der Waals surface area contributed by atoms with Gasteiger partial charge in [-0.2, -0.15) is 0 Å². The molecule has 0 N–H and O–H groups in total. The number of rotatable bonds is 5. The molecule has 6 nitrogen and oxygen atoms in total. The average molecular weight is 324 g/mol. The molecule has 1 aromatic heterocycles. The second-order valence-corrected chi connectivity index (χ2v) is 4.69. The first kappa shape index (κ1) is 16.0. The van der Waals surface area contributed by atoms with Crippen molar-refractivity contribution in [2.24, 2.45) is 0 Å². The molecule has 0 fully saturated rings. The Hall–Kier alpha value is -2.34. The Morgan fingerprint density at radius 1 is 1.32 bits per heavy atom. The summed E-state index contributed by atoms with van der Waals surface area (Å²) in [5, 5.41) is 1.11. The summed E-state index contributed by atoms with van der Waals surface area (Å²) >= 11 is 6.02. The lowest BCUT2D eigenvalue weighted by Gasteiger charge is -2.16. The number of carbonyl (C=O) groups excluding carboxylic acids is 2. The lowest BCUT2D eigenvalue weighted by atomic mass is 10.2. The van der Waals surface area contributed by atoms with Gasteiger partial charge >= 0.3 is 11.9 Å². The van der Waals surface area contributed by atoms with Crippen molar-refractivity contribution in [2.45, 2.75) is 13.0 Å². The predicted molar refractivity (Wildman–Crippen MR) is 79.8 cm³/mol. The van der Waals surface area contributed by atoms with E-state index in [-0.39, 0.29) is 12.4 Å². The van der Waals surface area contributed by atoms with Gasteiger partial charge in [-0.05, 0) is 19.1 Å². The number of benzene rings is 1. The fourth-order valence-corrected chi connectivity index (χ4v) is 2.07. The molecule has 22 heavy (non-hydrogen) atoms. The standard InChI is InChI=1S/C15H14ClNO5/c1-3-21-15(19)13(14(18)20-2)22-11-8-10(16)7-9-5-4-6-17-12(9)11/h4-8,13H,3H2,1-2H3. The van der Waals surface area contributed by atoms with Gasteiger partial charge in [-0.15, -0.1) is 0 Å². The molecule has 0 saturated carbocycles. The molecule has 0 aliphatic carbocycles. The van der Waals surface area contributed by atoms with Gasteiger partial charge in [-0.1, -0.05) is 17.7 Å².